The molecule has 0 spiro atoms. The van der Waals surface area contributed by atoms with Crippen LogP contribution in [0.5, 0.6) is 0 Å². The minimum Gasteiger partial charge on any atom is -0.375 e. The predicted molar refractivity (Wildman–Crippen MR) is 81.1 cm³/mol. The topological polar surface area (TPSA) is 29.3 Å². The first-order valence-electron chi connectivity index (χ1n) is 7.03. The van der Waals surface area contributed by atoms with E-state index >= 15 is 0 Å². The lowest BCUT2D eigenvalue weighted by Gasteiger charge is -2.21. The number of hydrogen-bond donors (Lipinski definition) is 1. The highest BCUT2D eigenvalue weighted by Crippen LogP contribution is 2.17. The van der Waals surface area contributed by atoms with Crippen molar-refractivity contribution in [3.05, 3.63) is 29.8 Å². The minimum atomic E-state index is 0.604. The highest BCUT2D eigenvalue weighted by atomic mass is 15.1. The van der Waals surface area contributed by atoms with E-state index in [2.05, 4.69) is 57.0 Å². The molecule has 2 nitrogen and oxygen atoms in total. The van der Waals surface area contributed by atoms with Crippen LogP contribution in [0.3, 0.4) is 0 Å². The Morgan fingerprint density at radius 1 is 1.11 bits per heavy atom. The van der Waals surface area contributed by atoms with Crippen LogP contribution in [0.4, 0.5) is 5.69 Å². The van der Waals surface area contributed by atoms with E-state index in [1.807, 2.05) is 0 Å². The third kappa shape index (κ3) is 5.09. The predicted octanol–water partition coefficient (Wildman–Crippen LogP) is 3.31. The van der Waals surface area contributed by atoms with Crippen molar-refractivity contribution < 1.29 is 0 Å². The fraction of sp³-hybridized carbons (Fsp3) is 0.625. The Morgan fingerprint density at radius 2 is 1.72 bits per heavy atom. The molecule has 1 rings (SSSR count). The van der Waals surface area contributed by atoms with Crippen molar-refractivity contribution in [3.8, 4) is 0 Å². The summed E-state index contributed by atoms with van der Waals surface area (Å²) in [5, 5.41) is 0. The van der Waals surface area contributed by atoms with Crippen molar-refractivity contribution in [2.75, 3.05) is 25.0 Å². The largest absolute Gasteiger partial charge is 0.375 e. The molecule has 0 saturated carbocycles. The normalized spacial score (nSPS) is 12.8. The summed E-state index contributed by atoms with van der Waals surface area (Å²) in [6.45, 7) is 8.57. The molecule has 0 aliphatic rings. The number of nitrogens with zero attached hydrogens (tertiary/aromatic N) is 1. The number of rotatable bonds is 7. The summed E-state index contributed by atoms with van der Waals surface area (Å²) >= 11 is 0. The zero-order chi connectivity index (χ0) is 13.5. The van der Waals surface area contributed by atoms with Crippen LogP contribution < -0.4 is 10.6 Å². The summed E-state index contributed by atoms with van der Waals surface area (Å²) in [5.41, 5.74) is 8.37. The molecular weight excluding hydrogens is 220 g/mol. The van der Waals surface area contributed by atoms with Crippen LogP contribution in [-0.4, -0.2) is 20.1 Å². The molecule has 0 amide bonds. The number of hydrogen-bond acceptors (Lipinski definition) is 2. The van der Waals surface area contributed by atoms with Crippen molar-refractivity contribution >= 4 is 5.69 Å². The van der Waals surface area contributed by atoms with Gasteiger partial charge in [0.2, 0.25) is 0 Å². The second-order valence-corrected chi connectivity index (χ2v) is 5.82. The average Bonchev–Trinajstić information content (AvgIpc) is 2.35. The van der Waals surface area contributed by atoms with Gasteiger partial charge in [-0.1, -0.05) is 32.9 Å². The molecular formula is C16H28N2. The van der Waals surface area contributed by atoms with Gasteiger partial charge in [0.25, 0.3) is 0 Å². The van der Waals surface area contributed by atoms with E-state index in [9.17, 15) is 0 Å². The van der Waals surface area contributed by atoms with Crippen LogP contribution in [0, 0.1) is 11.8 Å². The number of nitrogens with two attached hydrogens (primary N) is 1. The summed E-state index contributed by atoms with van der Waals surface area (Å²) in [4.78, 5) is 2.31. The number of benzene rings is 1. The smallest absolute Gasteiger partial charge is 0.0363 e. The monoisotopic (exact) mass is 248 g/mol. The van der Waals surface area contributed by atoms with Crippen LogP contribution in [0.2, 0.25) is 0 Å². The molecule has 1 aromatic rings. The highest BCUT2D eigenvalue weighted by molar-refractivity contribution is 5.46. The van der Waals surface area contributed by atoms with Crippen molar-refractivity contribution in [2.24, 2.45) is 17.6 Å². The SMILES string of the molecule is CC(C)Cc1ccc(N(C)CCC(C)CN)cc1. The van der Waals surface area contributed by atoms with Crippen molar-refractivity contribution in [3.63, 3.8) is 0 Å². The van der Waals surface area contributed by atoms with Crippen molar-refractivity contribution in [2.45, 2.75) is 33.6 Å². The molecule has 102 valence electrons. The molecule has 1 aromatic carbocycles. The van der Waals surface area contributed by atoms with Crippen molar-refractivity contribution in [1.82, 2.24) is 0 Å². The lowest BCUT2D eigenvalue weighted by molar-refractivity contribution is 0.545. The molecule has 18 heavy (non-hydrogen) atoms. The molecule has 0 heterocycles. The Morgan fingerprint density at radius 3 is 2.22 bits per heavy atom. The van der Waals surface area contributed by atoms with Gasteiger partial charge in [-0.3, -0.25) is 0 Å². The second kappa shape index (κ2) is 7.42. The van der Waals surface area contributed by atoms with Gasteiger partial charge >= 0.3 is 0 Å². The van der Waals surface area contributed by atoms with Crippen LogP contribution >= 0.6 is 0 Å². The number of anilines is 1. The third-order valence-electron chi connectivity index (χ3n) is 3.38. The fourth-order valence-electron chi connectivity index (χ4n) is 2.02. The molecule has 0 fully saturated rings. The zero-order valence-electron chi connectivity index (χ0n) is 12.3. The van der Waals surface area contributed by atoms with Gasteiger partial charge < -0.3 is 10.6 Å². The lowest BCUT2D eigenvalue weighted by atomic mass is 10.0. The Balaban J connectivity index is 2.50. The van der Waals surface area contributed by atoms with Crippen LogP contribution in [-0.2, 0) is 6.42 Å². The van der Waals surface area contributed by atoms with Gasteiger partial charge in [-0.25, -0.2) is 0 Å². The Labute approximate surface area is 112 Å². The van der Waals surface area contributed by atoms with Crippen molar-refractivity contribution in [1.29, 1.82) is 0 Å². The maximum absolute atomic E-state index is 5.64. The summed E-state index contributed by atoms with van der Waals surface area (Å²) in [6, 6.07) is 8.95. The maximum atomic E-state index is 5.64. The van der Waals surface area contributed by atoms with Gasteiger partial charge in [0.1, 0.15) is 0 Å². The summed E-state index contributed by atoms with van der Waals surface area (Å²) in [6.07, 6.45) is 2.31. The van der Waals surface area contributed by atoms with E-state index < -0.39 is 0 Å². The molecule has 2 heteroatoms. The molecule has 0 bridgehead atoms. The second-order valence-electron chi connectivity index (χ2n) is 5.82. The molecule has 0 aromatic heterocycles. The summed E-state index contributed by atoms with van der Waals surface area (Å²) < 4.78 is 0. The van der Waals surface area contributed by atoms with E-state index in [0.717, 1.165) is 31.8 Å². The Kier molecular flexibility index (Phi) is 6.20. The molecule has 0 aliphatic carbocycles. The average molecular weight is 248 g/mol. The maximum Gasteiger partial charge on any atom is 0.0363 e. The van der Waals surface area contributed by atoms with Crippen LogP contribution in [0.1, 0.15) is 32.8 Å². The van der Waals surface area contributed by atoms with Gasteiger partial charge in [-0.2, -0.15) is 0 Å². The van der Waals surface area contributed by atoms with Gasteiger partial charge in [-0.15, -0.1) is 0 Å². The van der Waals surface area contributed by atoms with E-state index in [4.69, 9.17) is 5.73 Å². The molecule has 0 saturated heterocycles. The lowest BCUT2D eigenvalue weighted by Crippen LogP contribution is -2.22. The van der Waals surface area contributed by atoms with E-state index in [1.54, 1.807) is 0 Å². The quantitative estimate of drug-likeness (QED) is 0.802. The minimum absolute atomic E-state index is 0.604. The van der Waals surface area contributed by atoms with E-state index in [0.29, 0.717) is 5.92 Å². The first-order chi connectivity index (χ1) is 8.52. The Hall–Kier alpha value is -1.02. The first kappa shape index (κ1) is 15.0. The molecule has 1 atom stereocenters. The highest BCUT2D eigenvalue weighted by Gasteiger charge is 2.04. The fourth-order valence-corrected chi connectivity index (χ4v) is 2.02. The van der Waals surface area contributed by atoms with E-state index in [1.165, 1.54) is 11.3 Å². The molecule has 1 unspecified atom stereocenters. The van der Waals surface area contributed by atoms with E-state index in [-0.39, 0.29) is 0 Å². The molecule has 0 radical (unpaired) electrons. The van der Waals surface area contributed by atoms with Gasteiger partial charge in [0, 0.05) is 19.3 Å². The van der Waals surface area contributed by atoms with Gasteiger partial charge in [-0.05, 0) is 48.9 Å². The zero-order valence-corrected chi connectivity index (χ0v) is 12.3. The molecule has 0 aliphatic heterocycles. The third-order valence-corrected chi connectivity index (χ3v) is 3.38. The Bertz CT molecular complexity index is 329. The summed E-state index contributed by atoms with van der Waals surface area (Å²) in [7, 11) is 2.15. The van der Waals surface area contributed by atoms with Gasteiger partial charge in [0.05, 0.1) is 0 Å². The summed E-state index contributed by atoms with van der Waals surface area (Å²) in [5.74, 6) is 1.33. The van der Waals surface area contributed by atoms with Gasteiger partial charge in [0.15, 0.2) is 0 Å². The first-order valence-corrected chi connectivity index (χ1v) is 7.03. The standard InChI is InChI=1S/C16H28N2/c1-13(2)11-15-5-7-16(8-6-15)18(4)10-9-14(3)12-17/h5-8,13-14H,9-12,17H2,1-4H3. The van der Waals surface area contributed by atoms with Crippen LogP contribution in [0.25, 0.3) is 0 Å². The van der Waals surface area contributed by atoms with Crippen LogP contribution in [0.15, 0.2) is 24.3 Å². The molecule has 2 N–H and O–H groups in total.